The molecule has 148 valence electrons. The quantitative estimate of drug-likeness (QED) is 0.291. The number of hydrogen-bond donors (Lipinski definition) is 0. The Bertz CT molecular complexity index is 965. The first kappa shape index (κ1) is 20.6. The van der Waals surface area contributed by atoms with Gasteiger partial charge in [-0.15, -0.1) is 0 Å². The summed E-state index contributed by atoms with van der Waals surface area (Å²) in [4.78, 5) is 16.3. The number of nitrogens with zero attached hydrogens (tertiary/aromatic N) is 3. The summed E-state index contributed by atoms with van der Waals surface area (Å²) in [6, 6.07) is 18.1. The van der Waals surface area contributed by atoms with Crippen LogP contribution in [0.4, 0.5) is 0 Å². The molecule has 1 aliphatic heterocycles. The van der Waals surface area contributed by atoms with Crippen molar-refractivity contribution in [1.82, 2.24) is 0 Å². The molecule has 0 fully saturated rings. The van der Waals surface area contributed by atoms with Crippen molar-refractivity contribution in [3.05, 3.63) is 92.0 Å². The molecular formula is C22H21N3O3S. The van der Waals surface area contributed by atoms with Gasteiger partial charge < -0.3 is 4.74 Å². The lowest BCUT2D eigenvalue weighted by molar-refractivity contribution is -0.525. The summed E-state index contributed by atoms with van der Waals surface area (Å²) in [5.74, 6) is -0.698. The number of benzene rings is 2. The fourth-order valence-corrected chi connectivity index (χ4v) is 4.72. The largest absolute Gasteiger partial charge is 0.483 e. The topological polar surface area (TPSA) is 88.5 Å². The van der Waals surface area contributed by atoms with E-state index in [0.717, 1.165) is 16.7 Å². The zero-order valence-corrected chi connectivity index (χ0v) is 17.0. The molecule has 0 saturated carbocycles. The Hall–Kier alpha value is -3.11. The number of ether oxygens (including phenoxy) is 1. The van der Waals surface area contributed by atoms with Gasteiger partial charge in [0.25, 0.3) is 0 Å². The Labute approximate surface area is 174 Å². The van der Waals surface area contributed by atoms with Gasteiger partial charge in [0.15, 0.2) is 6.40 Å². The maximum absolute atomic E-state index is 12.2. The van der Waals surface area contributed by atoms with Gasteiger partial charge in [-0.05, 0) is 25.0 Å². The van der Waals surface area contributed by atoms with Gasteiger partial charge in [0.2, 0.25) is 6.04 Å². The van der Waals surface area contributed by atoms with Crippen LogP contribution in [0.5, 0.6) is 0 Å². The highest BCUT2D eigenvalue weighted by molar-refractivity contribution is 8.03. The van der Waals surface area contributed by atoms with Crippen molar-refractivity contribution in [2.24, 2.45) is 4.99 Å². The van der Waals surface area contributed by atoms with E-state index in [1.165, 1.54) is 18.2 Å². The summed E-state index contributed by atoms with van der Waals surface area (Å²) in [6.45, 7) is 4.24. The second-order valence-corrected chi connectivity index (χ2v) is 7.76. The zero-order chi connectivity index (χ0) is 20.8. The minimum atomic E-state index is -0.995. The van der Waals surface area contributed by atoms with Crippen LogP contribution in [0.1, 0.15) is 34.8 Å². The number of aryl methyl sites for hydroxylation is 1. The van der Waals surface area contributed by atoms with E-state index in [4.69, 9.17) is 4.74 Å². The second kappa shape index (κ2) is 9.39. The van der Waals surface area contributed by atoms with Crippen LogP contribution in [0.2, 0.25) is 0 Å². The highest BCUT2D eigenvalue weighted by atomic mass is 32.2. The van der Waals surface area contributed by atoms with Gasteiger partial charge in [0.05, 0.1) is 24.2 Å². The predicted octanol–water partition coefficient (Wildman–Crippen LogP) is 5.01. The first-order valence-corrected chi connectivity index (χ1v) is 10.1. The SMILES string of the molecule is CCOC=NC1=C(C#N)[C@H](c2ccc(C)cc2)[C@@H]([N+](=O)[O-])[C@H](c2ccccc2)S1. The Morgan fingerprint density at radius 1 is 1.21 bits per heavy atom. The van der Waals surface area contributed by atoms with Gasteiger partial charge in [-0.3, -0.25) is 10.1 Å². The van der Waals surface area contributed by atoms with Crippen LogP contribution in [0.15, 0.2) is 70.2 Å². The third kappa shape index (κ3) is 4.49. The van der Waals surface area contributed by atoms with E-state index in [2.05, 4.69) is 11.1 Å². The minimum absolute atomic E-state index is 0.268. The van der Waals surface area contributed by atoms with E-state index >= 15 is 0 Å². The molecule has 0 amide bonds. The van der Waals surface area contributed by atoms with Crippen molar-refractivity contribution < 1.29 is 9.66 Å². The maximum Gasteiger partial charge on any atom is 0.240 e. The van der Waals surface area contributed by atoms with Crippen molar-refractivity contribution in [3.63, 3.8) is 0 Å². The lowest BCUT2D eigenvalue weighted by Crippen LogP contribution is -2.36. The predicted molar refractivity (Wildman–Crippen MR) is 114 cm³/mol. The summed E-state index contributed by atoms with van der Waals surface area (Å²) in [6.07, 6.45) is 1.31. The standard InChI is InChI=1S/C22H21N3O3S/c1-3-28-14-24-22-18(13-23)19(16-11-9-15(2)10-12-16)20(25(26)27)21(29-22)17-7-5-4-6-8-17/h4-12,14,19-21H,3H2,1-2H3/t19-,20+,21-/m0/s1. The van der Waals surface area contributed by atoms with Gasteiger partial charge in [0.1, 0.15) is 10.3 Å². The number of nitriles is 1. The van der Waals surface area contributed by atoms with Crippen LogP contribution in [0.25, 0.3) is 0 Å². The number of aliphatic imine (C=N–C) groups is 1. The molecule has 3 atom stereocenters. The summed E-state index contributed by atoms with van der Waals surface area (Å²) in [7, 11) is 0. The Morgan fingerprint density at radius 2 is 1.90 bits per heavy atom. The van der Waals surface area contributed by atoms with Crippen molar-refractivity contribution in [2.75, 3.05) is 6.61 Å². The van der Waals surface area contributed by atoms with E-state index in [0.29, 0.717) is 17.2 Å². The molecule has 2 aromatic rings. The summed E-state index contributed by atoms with van der Waals surface area (Å²) < 4.78 is 5.22. The average molecular weight is 407 g/mol. The zero-order valence-electron chi connectivity index (χ0n) is 16.2. The molecule has 6 nitrogen and oxygen atoms in total. The fraction of sp³-hybridized carbons (Fsp3) is 0.273. The molecule has 1 aliphatic rings. The summed E-state index contributed by atoms with van der Waals surface area (Å²) in [5.41, 5.74) is 2.91. The Kier molecular flexibility index (Phi) is 6.68. The maximum atomic E-state index is 12.2. The van der Waals surface area contributed by atoms with Gasteiger partial charge in [-0.2, -0.15) is 5.26 Å². The molecule has 2 aromatic carbocycles. The fourth-order valence-electron chi connectivity index (χ4n) is 3.39. The Morgan fingerprint density at radius 3 is 2.48 bits per heavy atom. The number of nitro groups is 1. The third-order valence-corrected chi connectivity index (χ3v) is 6.12. The molecule has 3 rings (SSSR count). The van der Waals surface area contributed by atoms with Crippen LogP contribution in [0.3, 0.4) is 0 Å². The van der Waals surface area contributed by atoms with E-state index < -0.39 is 17.2 Å². The third-order valence-electron chi connectivity index (χ3n) is 4.77. The van der Waals surface area contributed by atoms with Gasteiger partial charge >= 0.3 is 0 Å². The molecule has 7 heteroatoms. The monoisotopic (exact) mass is 407 g/mol. The van der Waals surface area contributed by atoms with Crippen LogP contribution in [0, 0.1) is 28.4 Å². The van der Waals surface area contributed by atoms with E-state index in [1.807, 2.05) is 68.4 Å². The highest BCUT2D eigenvalue weighted by Gasteiger charge is 2.48. The Balaban J connectivity index is 2.19. The molecule has 0 aromatic heterocycles. The van der Waals surface area contributed by atoms with Crippen LogP contribution < -0.4 is 0 Å². The van der Waals surface area contributed by atoms with Crippen molar-refractivity contribution in [2.45, 2.75) is 31.1 Å². The lowest BCUT2D eigenvalue weighted by atomic mass is 9.82. The van der Waals surface area contributed by atoms with Crippen LogP contribution in [-0.4, -0.2) is 24.0 Å². The van der Waals surface area contributed by atoms with Crippen molar-refractivity contribution in [1.29, 1.82) is 5.26 Å². The average Bonchev–Trinajstić information content (AvgIpc) is 2.74. The van der Waals surface area contributed by atoms with Gasteiger partial charge in [0, 0.05) is 4.92 Å². The van der Waals surface area contributed by atoms with Gasteiger partial charge in [-0.1, -0.05) is 71.9 Å². The van der Waals surface area contributed by atoms with E-state index in [9.17, 15) is 15.4 Å². The molecule has 0 unspecified atom stereocenters. The number of hydrogen-bond acceptors (Lipinski definition) is 6. The smallest absolute Gasteiger partial charge is 0.240 e. The number of thioether (sulfide) groups is 1. The van der Waals surface area contributed by atoms with Crippen molar-refractivity contribution in [3.8, 4) is 6.07 Å². The molecule has 0 bridgehead atoms. The van der Waals surface area contributed by atoms with E-state index in [1.54, 1.807) is 0 Å². The molecule has 0 spiro atoms. The molecule has 0 aliphatic carbocycles. The lowest BCUT2D eigenvalue weighted by Gasteiger charge is -2.32. The molecule has 29 heavy (non-hydrogen) atoms. The summed E-state index contributed by atoms with van der Waals surface area (Å²) >= 11 is 1.24. The first-order chi connectivity index (χ1) is 14.1. The highest BCUT2D eigenvalue weighted by Crippen LogP contribution is 2.52. The molecular weight excluding hydrogens is 386 g/mol. The van der Waals surface area contributed by atoms with Gasteiger partial charge in [-0.25, -0.2) is 4.99 Å². The van der Waals surface area contributed by atoms with Crippen LogP contribution in [-0.2, 0) is 4.74 Å². The van der Waals surface area contributed by atoms with Crippen LogP contribution >= 0.6 is 11.8 Å². The molecule has 0 radical (unpaired) electrons. The molecule has 1 heterocycles. The second-order valence-electron chi connectivity index (χ2n) is 6.63. The van der Waals surface area contributed by atoms with Crippen molar-refractivity contribution >= 4 is 18.2 Å². The van der Waals surface area contributed by atoms with E-state index in [-0.39, 0.29) is 4.92 Å². The summed E-state index contributed by atoms with van der Waals surface area (Å²) in [5, 5.41) is 22.1. The normalized spacial score (nSPS) is 21.8. The minimum Gasteiger partial charge on any atom is -0.483 e. The molecule has 0 saturated heterocycles. The number of rotatable bonds is 6. The molecule has 0 N–H and O–H groups in total. The first-order valence-electron chi connectivity index (χ1n) is 9.26.